The lowest BCUT2D eigenvalue weighted by Crippen LogP contribution is -2.74. The molecule has 4 rings (SSSR count). The second-order valence-electron chi connectivity index (χ2n) is 11.8. The Hall–Kier alpha value is -0.160. The van der Waals surface area contributed by atoms with Crippen LogP contribution in [0.3, 0.4) is 0 Å². The van der Waals surface area contributed by atoms with Crippen LogP contribution < -0.4 is 21.7 Å². The summed E-state index contributed by atoms with van der Waals surface area (Å²) in [6, 6.07) is 0.769. The van der Waals surface area contributed by atoms with Gasteiger partial charge in [0.15, 0.2) is 0 Å². The van der Waals surface area contributed by atoms with E-state index in [-0.39, 0.29) is 6.04 Å². The van der Waals surface area contributed by atoms with Crippen molar-refractivity contribution in [2.45, 2.75) is 147 Å². The lowest BCUT2D eigenvalue weighted by molar-refractivity contribution is -0.0291. The van der Waals surface area contributed by atoms with Crippen molar-refractivity contribution in [3.8, 4) is 0 Å². The van der Waals surface area contributed by atoms with Crippen molar-refractivity contribution in [2.75, 3.05) is 6.67 Å². The van der Waals surface area contributed by atoms with E-state index in [2.05, 4.69) is 29.8 Å². The van der Waals surface area contributed by atoms with Crippen LogP contribution in [-0.4, -0.2) is 30.5 Å². The van der Waals surface area contributed by atoms with Gasteiger partial charge in [0.1, 0.15) is 0 Å². The summed E-state index contributed by atoms with van der Waals surface area (Å²) in [7, 11) is 0. The van der Waals surface area contributed by atoms with Crippen LogP contribution in [0.25, 0.3) is 0 Å². The molecule has 4 unspecified atom stereocenters. The molecular formula is C28H54N4. The van der Waals surface area contributed by atoms with Gasteiger partial charge in [0.05, 0.1) is 6.17 Å². The van der Waals surface area contributed by atoms with Crippen molar-refractivity contribution in [1.82, 2.24) is 16.0 Å². The zero-order valence-corrected chi connectivity index (χ0v) is 21.3. The van der Waals surface area contributed by atoms with Gasteiger partial charge in [-0.2, -0.15) is 0 Å². The molecule has 3 saturated carbocycles. The molecule has 0 amide bonds. The molecule has 0 aromatic rings. The first kappa shape index (κ1) is 24.9. The highest BCUT2D eigenvalue weighted by molar-refractivity contribution is 5.09. The first-order valence-corrected chi connectivity index (χ1v) is 14.7. The van der Waals surface area contributed by atoms with E-state index in [0.29, 0.717) is 23.7 Å². The Kier molecular flexibility index (Phi) is 9.35. The van der Waals surface area contributed by atoms with Crippen LogP contribution in [0.4, 0.5) is 0 Å². The zero-order chi connectivity index (χ0) is 22.4. The van der Waals surface area contributed by atoms with Crippen LogP contribution in [0.2, 0.25) is 0 Å². The number of nitrogens with two attached hydrogens (primary N) is 1. The lowest BCUT2D eigenvalue weighted by Gasteiger charge is -2.58. The fourth-order valence-electron chi connectivity index (χ4n) is 8.55. The van der Waals surface area contributed by atoms with Crippen molar-refractivity contribution in [2.24, 2.45) is 29.4 Å². The summed E-state index contributed by atoms with van der Waals surface area (Å²) in [6.45, 7) is 5.53. The van der Waals surface area contributed by atoms with Crippen LogP contribution in [-0.2, 0) is 0 Å². The van der Waals surface area contributed by atoms with Crippen LogP contribution in [0.1, 0.15) is 123 Å². The molecule has 0 aromatic heterocycles. The molecule has 0 bridgehead atoms. The molecule has 3 aliphatic carbocycles. The first-order chi connectivity index (χ1) is 15.7. The molecular weight excluding hydrogens is 392 g/mol. The van der Waals surface area contributed by atoms with Gasteiger partial charge in [-0.05, 0) is 69.1 Å². The normalized spacial score (nSPS) is 33.3. The molecule has 4 atom stereocenters. The maximum atomic E-state index is 6.84. The van der Waals surface area contributed by atoms with Gasteiger partial charge >= 0.3 is 0 Å². The SMILES string of the molecule is CCC(N)C1C(CC)NCNC1NC(C1CCCCC1)(C1CCCCC1)C1CCCCC1. The molecule has 4 fully saturated rings. The molecule has 4 nitrogen and oxygen atoms in total. The molecule has 1 heterocycles. The van der Waals surface area contributed by atoms with E-state index in [1.165, 1.54) is 103 Å². The summed E-state index contributed by atoms with van der Waals surface area (Å²) >= 11 is 0. The second-order valence-corrected chi connectivity index (χ2v) is 11.8. The van der Waals surface area contributed by atoms with Crippen molar-refractivity contribution in [3.63, 3.8) is 0 Å². The summed E-state index contributed by atoms with van der Waals surface area (Å²) in [4.78, 5) is 0. The van der Waals surface area contributed by atoms with Crippen molar-refractivity contribution >= 4 is 0 Å². The van der Waals surface area contributed by atoms with E-state index < -0.39 is 0 Å². The Labute approximate surface area is 199 Å². The van der Waals surface area contributed by atoms with E-state index in [1.54, 1.807) is 0 Å². The highest BCUT2D eigenvalue weighted by atomic mass is 15.3. The average Bonchev–Trinajstić information content (AvgIpc) is 2.88. The molecule has 0 spiro atoms. The predicted octanol–water partition coefficient (Wildman–Crippen LogP) is 5.66. The third-order valence-corrected chi connectivity index (χ3v) is 10.2. The van der Waals surface area contributed by atoms with Gasteiger partial charge in [-0.25, -0.2) is 0 Å². The number of rotatable bonds is 8. The number of nitrogens with one attached hydrogen (secondary N) is 3. The maximum absolute atomic E-state index is 6.84. The minimum absolute atomic E-state index is 0.250. The largest absolute Gasteiger partial charge is 0.327 e. The quantitative estimate of drug-likeness (QED) is 0.388. The Morgan fingerprint density at radius 1 is 0.750 bits per heavy atom. The van der Waals surface area contributed by atoms with E-state index in [4.69, 9.17) is 5.73 Å². The third kappa shape index (κ3) is 5.24. The summed E-state index contributed by atoms with van der Waals surface area (Å²) in [6.07, 6.45) is 24.3. The third-order valence-electron chi connectivity index (χ3n) is 10.2. The zero-order valence-electron chi connectivity index (χ0n) is 21.3. The van der Waals surface area contributed by atoms with Crippen molar-refractivity contribution < 1.29 is 0 Å². The highest BCUT2D eigenvalue weighted by Crippen LogP contribution is 2.51. The van der Waals surface area contributed by atoms with Gasteiger partial charge in [0.25, 0.3) is 0 Å². The Morgan fingerprint density at radius 2 is 1.22 bits per heavy atom. The molecule has 5 N–H and O–H groups in total. The first-order valence-electron chi connectivity index (χ1n) is 14.7. The second kappa shape index (κ2) is 12.0. The maximum Gasteiger partial charge on any atom is 0.0645 e. The van der Waals surface area contributed by atoms with Crippen LogP contribution >= 0.6 is 0 Å². The average molecular weight is 447 g/mol. The summed E-state index contributed by atoms with van der Waals surface area (Å²) in [5.74, 6) is 3.04. The monoisotopic (exact) mass is 446 g/mol. The van der Waals surface area contributed by atoms with Crippen molar-refractivity contribution in [3.05, 3.63) is 0 Å². The van der Waals surface area contributed by atoms with Crippen LogP contribution in [0.15, 0.2) is 0 Å². The van der Waals surface area contributed by atoms with Gasteiger partial charge in [0, 0.05) is 30.2 Å². The molecule has 4 heteroatoms. The standard InChI is InChI=1S/C28H54N4/c1-3-24(29)26-25(4-2)30-20-31-27(26)32-28(21-14-8-5-9-15-21,22-16-10-6-11-17-22)23-18-12-7-13-19-23/h21-27,30-32H,3-20,29H2,1-2H3. The Bertz CT molecular complexity index is 488. The molecule has 4 aliphatic rings. The van der Waals surface area contributed by atoms with E-state index in [9.17, 15) is 0 Å². The fraction of sp³-hybridized carbons (Fsp3) is 1.00. The van der Waals surface area contributed by atoms with Gasteiger partial charge in [-0.15, -0.1) is 0 Å². The number of hydrogen-bond donors (Lipinski definition) is 4. The van der Waals surface area contributed by atoms with Crippen molar-refractivity contribution in [1.29, 1.82) is 0 Å². The minimum atomic E-state index is 0.250. The minimum Gasteiger partial charge on any atom is -0.327 e. The van der Waals surface area contributed by atoms with E-state index in [0.717, 1.165) is 30.8 Å². The summed E-state index contributed by atoms with van der Waals surface area (Å²) in [5.41, 5.74) is 7.16. The van der Waals surface area contributed by atoms with Crippen LogP contribution in [0, 0.1) is 23.7 Å². The van der Waals surface area contributed by atoms with Gasteiger partial charge < -0.3 is 11.1 Å². The van der Waals surface area contributed by atoms with Gasteiger partial charge in [0.2, 0.25) is 0 Å². The molecule has 32 heavy (non-hydrogen) atoms. The topological polar surface area (TPSA) is 62.1 Å². The molecule has 1 saturated heterocycles. The molecule has 186 valence electrons. The summed E-state index contributed by atoms with van der Waals surface area (Å²) in [5, 5.41) is 12.3. The molecule has 0 radical (unpaired) electrons. The van der Waals surface area contributed by atoms with E-state index in [1.807, 2.05) is 0 Å². The Morgan fingerprint density at radius 3 is 1.62 bits per heavy atom. The summed E-state index contributed by atoms with van der Waals surface area (Å²) < 4.78 is 0. The lowest BCUT2D eigenvalue weighted by atomic mass is 9.56. The van der Waals surface area contributed by atoms with Crippen LogP contribution in [0.5, 0.6) is 0 Å². The molecule has 1 aliphatic heterocycles. The number of hydrogen-bond acceptors (Lipinski definition) is 4. The van der Waals surface area contributed by atoms with Gasteiger partial charge in [-0.1, -0.05) is 71.6 Å². The fourth-order valence-corrected chi connectivity index (χ4v) is 8.55. The predicted molar refractivity (Wildman–Crippen MR) is 136 cm³/mol. The van der Waals surface area contributed by atoms with E-state index >= 15 is 0 Å². The molecule has 0 aromatic carbocycles. The van der Waals surface area contributed by atoms with Gasteiger partial charge in [-0.3, -0.25) is 10.6 Å². The smallest absolute Gasteiger partial charge is 0.0645 e. The highest BCUT2D eigenvalue weighted by Gasteiger charge is 2.53. The Balaban J connectivity index is 1.70.